The third kappa shape index (κ3) is 6.55. The Kier molecular flexibility index (Phi) is 9.41. The highest BCUT2D eigenvalue weighted by atomic mass is 28.4. The highest BCUT2D eigenvalue weighted by Crippen LogP contribution is 2.20. The highest BCUT2D eigenvalue weighted by molar-refractivity contribution is 6.59. The fourth-order valence-corrected chi connectivity index (χ4v) is 4.46. The number of ether oxygens (including phenoxy) is 1. The molecule has 25 heavy (non-hydrogen) atoms. The van der Waals surface area contributed by atoms with Gasteiger partial charge < -0.3 is 44.1 Å². The van der Waals surface area contributed by atoms with Crippen molar-refractivity contribution >= 4 is 14.7 Å². The van der Waals surface area contributed by atoms with Gasteiger partial charge in [0.1, 0.15) is 24.4 Å². The fraction of sp³-hybridized carbons (Fsp3) is 0.929. The molecule has 1 saturated heterocycles. The molecule has 1 aliphatic heterocycles. The number of rotatable bonds is 10. The van der Waals surface area contributed by atoms with Gasteiger partial charge in [-0.3, -0.25) is 4.79 Å². The van der Waals surface area contributed by atoms with Crippen LogP contribution >= 0.6 is 0 Å². The van der Waals surface area contributed by atoms with Gasteiger partial charge >= 0.3 is 8.80 Å². The van der Waals surface area contributed by atoms with Gasteiger partial charge in [0.05, 0.1) is 6.61 Å². The summed E-state index contributed by atoms with van der Waals surface area (Å²) < 4.78 is 15.7. The molecule has 1 fully saturated rings. The molecule has 0 aliphatic carbocycles. The van der Waals surface area contributed by atoms with E-state index in [9.17, 15) is 24.9 Å². The molecule has 0 aromatic carbocycles. The largest absolute Gasteiger partial charge is 0.498 e. The highest BCUT2D eigenvalue weighted by Gasteiger charge is 2.44. The van der Waals surface area contributed by atoms with Crippen LogP contribution in [0.4, 0.5) is 0 Å². The quantitative estimate of drug-likeness (QED) is 0.228. The van der Waals surface area contributed by atoms with E-state index in [4.69, 9.17) is 18.7 Å². The predicted molar refractivity (Wildman–Crippen MR) is 87.2 cm³/mol. The smallest absolute Gasteiger partial charge is 0.394 e. The van der Waals surface area contributed by atoms with E-state index >= 15 is 0 Å². The van der Waals surface area contributed by atoms with Crippen LogP contribution in [-0.2, 0) is 18.4 Å². The lowest BCUT2D eigenvalue weighted by molar-refractivity contribution is -0.235. The van der Waals surface area contributed by atoms with Gasteiger partial charge in [0.15, 0.2) is 6.23 Å². The Morgan fingerprint density at radius 3 is 2.24 bits per heavy atom. The Labute approximate surface area is 147 Å². The van der Waals surface area contributed by atoms with Crippen LogP contribution in [0.5, 0.6) is 0 Å². The molecule has 1 heterocycles. The Hall–Kier alpha value is -0.633. The number of aliphatic hydroxyl groups excluding tert-OH is 4. The zero-order valence-electron chi connectivity index (χ0n) is 14.5. The molecule has 1 amide bonds. The van der Waals surface area contributed by atoms with Crippen LogP contribution in [0, 0.1) is 0 Å². The van der Waals surface area contributed by atoms with E-state index in [1.54, 1.807) is 13.8 Å². The van der Waals surface area contributed by atoms with Gasteiger partial charge in [-0.25, -0.2) is 0 Å². The molecule has 0 aromatic rings. The zero-order valence-corrected chi connectivity index (χ0v) is 15.5. The molecule has 5 atom stereocenters. The van der Waals surface area contributed by atoms with Crippen molar-refractivity contribution in [2.75, 3.05) is 19.8 Å². The molecule has 0 aromatic heterocycles. The number of carbonyl (C=O) groups is 1. The van der Waals surface area contributed by atoms with Gasteiger partial charge in [-0.15, -0.1) is 0 Å². The van der Waals surface area contributed by atoms with Crippen molar-refractivity contribution < 1.29 is 43.6 Å². The second kappa shape index (κ2) is 10.5. The van der Waals surface area contributed by atoms with Crippen molar-refractivity contribution in [2.24, 2.45) is 0 Å². The first-order valence-corrected chi connectivity index (χ1v) is 10.3. The molecule has 1 aliphatic rings. The third-order valence-corrected chi connectivity index (χ3v) is 6.30. The molecule has 6 N–H and O–H groups in total. The Bertz CT molecular complexity index is 406. The van der Waals surface area contributed by atoms with E-state index < -0.39 is 52.0 Å². The lowest BCUT2D eigenvalue weighted by atomic mass is 9.98. The number of nitrogens with one attached hydrogen (secondary N) is 1. The number of amides is 1. The van der Waals surface area contributed by atoms with Crippen molar-refractivity contribution in [3.8, 4) is 0 Å². The van der Waals surface area contributed by atoms with Crippen molar-refractivity contribution in [1.82, 2.24) is 5.32 Å². The average Bonchev–Trinajstić information content (AvgIpc) is 2.55. The van der Waals surface area contributed by atoms with Gasteiger partial charge in [-0.1, -0.05) is 0 Å². The molecule has 1 rings (SSSR count). The van der Waals surface area contributed by atoms with E-state index in [0.717, 1.165) is 0 Å². The number of hydrogen-bond donors (Lipinski definition) is 6. The molecular weight excluding hydrogens is 354 g/mol. The first kappa shape index (κ1) is 22.4. The molecule has 11 heteroatoms. The van der Waals surface area contributed by atoms with Crippen LogP contribution in [0.3, 0.4) is 0 Å². The van der Waals surface area contributed by atoms with Crippen molar-refractivity contribution in [3.05, 3.63) is 0 Å². The van der Waals surface area contributed by atoms with E-state index in [0.29, 0.717) is 19.6 Å². The van der Waals surface area contributed by atoms with Crippen LogP contribution < -0.4 is 5.32 Å². The lowest BCUT2D eigenvalue weighted by Crippen LogP contribution is -2.63. The molecule has 0 bridgehead atoms. The number of aliphatic hydroxyl groups is 4. The van der Waals surface area contributed by atoms with Gasteiger partial charge in [0, 0.05) is 25.7 Å². The molecule has 10 nitrogen and oxygen atoms in total. The second-order valence-electron chi connectivity index (χ2n) is 5.75. The summed E-state index contributed by atoms with van der Waals surface area (Å²) in [6.45, 7) is 3.52. The number of carbonyl (C=O) groups excluding carboxylic acids is 1. The minimum absolute atomic E-state index is 0.0183. The molecule has 148 valence electrons. The first-order valence-electron chi connectivity index (χ1n) is 8.38. The maximum atomic E-state index is 12.0. The zero-order chi connectivity index (χ0) is 19.0. The minimum Gasteiger partial charge on any atom is -0.394 e. The SMILES string of the molecule is CCO[Si](O)(CCCC(=O)N[C@@H]1O[C@H](CO)[C@@H](O)[C@H](O)[C@H]1O)OCC. The van der Waals surface area contributed by atoms with Crippen LogP contribution in [0.25, 0.3) is 0 Å². The summed E-state index contributed by atoms with van der Waals surface area (Å²) >= 11 is 0. The number of hydrogen-bond acceptors (Lipinski definition) is 9. The maximum absolute atomic E-state index is 12.0. The summed E-state index contributed by atoms with van der Waals surface area (Å²) in [6.07, 6.45) is -6.58. The van der Waals surface area contributed by atoms with E-state index in [2.05, 4.69) is 5.32 Å². The summed E-state index contributed by atoms with van der Waals surface area (Å²) in [6, 6.07) is 0.205. The van der Waals surface area contributed by atoms with E-state index in [1.807, 2.05) is 0 Å². The second-order valence-corrected chi connectivity index (χ2v) is 8.25. The lowest BCUT2D eigenvalue weighted by Gasteiger charge is -2.40. The van der Waals surface area contributed by atoms with Crippen molar-refractivity contribution in [3.63, 3.8) is 0 Å². The van der Waals surface area contributed by atoms with Gasteiger partial charge in [-0.05, 0) is 20.3 Å². The third-order valence-electron chi connectivity index (χ3n) is 3.83. The van der Waals surface area contributed by atoms with E-state index in [-0.39, 0.29) is 12.5 Å². The topological polar surface area (TPSA) is 158 Å². The van der Waals surface area contributed by atoms with Crippen LogP contribution in [0.2, 0.25) is 6.04 Å². The van der Waals surface area contributed by atoms with Crippen molar-refractivity contribution in [1.29, 1.82) is 0 Å². The Morgan fingerprint density at radius 2 is 1.72 bits per heavy atom. The summed E-state index contributed by atoms with van der Waals surface area (Å²) in [5.41, 5.74) is 0. The van der Waals surface area contributed by atoms with Crippen LogP contribution in [0.15, 0.2) is 0 Å². The normalized spacial score (nSPS) is 30.3. The fourth-order valence-electron chi connectivity index (χ4n) is 2.56. The predicted octanol–water partition coefficient (Wildman–Crippen LogP) is -2.31. The molecular formula is C14H29NO9Si. The molecule has 0 spiro atoms. The molecule has 0 radical (unpaired) electrons. The Morgan fingerprint density at radius 1 is 1.12 bits per heavy atom. The standard InChI is InChI=1S/C14H29NO9Si/c1-3-22-25(21,23-4-2)7-5-6-10(17)15-14-13(20)12(19)11(18)9(8-16)24-14/h9,11-14,16,18-21H,3-8H2,1-2H3,(H,15,17)/t9-,11-,12+,13-,14-/m1/s1. The summed E-state index contributed by atoms with van der Waals surface area (Å²) in [5.74, 6) is -0.478. The van der Waals surface area contributed by atoms with Gasteiger partial charge in [0.2, 0.25) is 5.91 Å². The summed E-state index contributed by atoms with van der Waals surface area (Å²) in [5, 5.41) is 40.7. The Balaban J connectivity index is 2.48. The molecule has 0 unspecified atom stereocenters. The molecule has 0 saturated carbocycles. The van der Waals surface area contributed by atoms with Crippen LogP contribution in [-0.4, -0.2) is 90.4 Å². The summed E-state index contributed by atoms with van der Waals surface area (Å²) in [4.78, 5) is 22.2. The van der Waals surface area contributed by atoms with Gasteiger partial charge in [0.25, 0.3) is 0 Å². The van der Waals surface area contributed by atoms with Gasteiger partial charge in [-0.2, -0.15) is 0 Å². The monoisotopic (exact) mass is 383 g/mol. The summed E-state index contributed by atoms with van der Waals surface area (Å²) in [7, 11) is -3.29. The van der Waals surface area contributed by atoms with Crippen LogP contribution in [0.1, 0.15) is 26.7 Å². The van der Waals surface area contributed by atoms with Crippen molar-refractivity contribution in [2.45, 2.75) is 63.4 Å². The maximum Gasteiger partial charge on any atom is 0.498 e. The minimum atomic E-state index is -3.29. The first-order chi connectivity index (χ1) is 11.8. The average molecular weight is 383 g/mol. The van der Waals surface area contributed by atoms with E-state index in [1.165, 1.54) is 0 Å².